The Kier molecular flexibility index (Phi) is 10.4. The molecule has 1 saturated heterocycles. The van der Waals surface area contributed by atoms with E-state index in [1.807, 2.05) is 116 Å². The number of fused-ring (bicyclic) bond motifs is 2. The van der Waals surface area contributed by atoms with Crippen LogP contribution in [0.15, 0.2) is 119 Å². The molecular weight excluding hydrogens is 791 g/mol. The van der Waals surface area contributed by atoms with Crippen molar-refractivity contribution in [2.24, 2.45) is 11.0 Å². The van der Waals surface area contributed by atoms with Crippen LogP contribution < -0.4 is 9.91 Å². The Morgan fingerprint density at radius 2 is 1.70 bits per heavy atom. The molecule has 5 atom stereocenters. The van der Waals surface area contributed by atoms with Gasteiger partial charge in [-0.1, -0.05) is 101 Å². The molecule has 3 aliphatic heterocycles. The fourth-order valence-corrected chi connectivity index (χ4v) is 11.8. The number of aliphatic hydroxyl groups is 1. The Morgan fingerprint density at radius 1 is 0.982 bits per heavy atom. The van der Waals surface area contributed by atoms with Crippen LogP contribution in [0.25, 0.3) is 0 Å². The minimum atomic E-state index is -3.39. The molecule has 5 aromatic rings. The molecule has 1 N–H and O–H groups in total. The normalized spacial score (nSPS) is 22.8. The van der Waals surface area contributed by atoms with Gasteiger partial charge in [-0.3, -0.25) is 14.3 Å². The molecule has 3 aliphatic rings. The first kappa shape index (κ1) is 38.1. The topological polar surface area (TPSA) is 113 Å². The van der Waals surface area contributed by atoms with E-state index in [-0.39, 0.29) is 30.9 Å². The number of ether oxygens (including phenoxy) is 1. The lowest BCUT2D eigenvalue weighted by molar-refractivity contribution is -0.146. The molecule has 13 heteroatoms. The minimum Gasteiger partial charge on any atom is -0.395 e. The lowest BCUT2D eigenvalue weighted by atomic mass is 9.82. The first-order valence-electron chi connectivity index (χ1n) is 19.1. The van der Waals surface area contributed by atoms with Crippen molar-refractivity contribution < 1.29 is 23.5 Å². The van der Waals surface area contributed by atoms with Crippen molar-refractivity contribution in [1.82, 2.24) is 15.0 Å². The average Bonchev–Trinajstić information content (AvgIpc) is 3.85. The summed E-state index contributed by atoms with van der Waals surface area (Å²) in [6, 6.07) is 32.9. The van der Waals surface area contributed by atoms with Gasteiger partial charge in [0, 0.05) is 47.1 Å². The summed E-state index contributed by atoms with van der Waals surface area (Å²) in [5.41, 5.74) is 4.55. The van der Waals surface area contributed by atoms with Crippen LogP contribution in [-0.2, 0) is 33.0 Å². The van der Waals surface area contributed by atoms with Crippen molar-refractivity contribution in [3.05, 3.63) is 142 Å². The summed E-state index contributed by atoms with van der Waals surface area (Å²) in [5, 5.41) is 25.1. The highest BCUT2D eigenvalue weighted by Gasteiger charge is 2.66. The second kappa shape index (κ2) is 15.3. The summed E-state index contributed by atoms with van der Waals surface area (Å²) in [5.74, 6) is -1.05. The average molecular weight is 836 g/mol. The molecule has 0 saturated carbocycles. The van der Waals surface area contributed by atoms with Gasteiger partial charge in [0.2, 0.25) is 14.3 Å². The van der Waals surface area contributed by atoms with Gasteiger partial charge in [0.05, 0.1) is 48.0 Å². The second-order valence-corrected chi connectivity index (χ2v) is 20.2. The van der Waals surface area contributed by atoms with E-state index in [0.29, 0.717) is 37.2 Å². The third kappa shape index (κ3) is 6.95. The monoisotopic (exact) mass is 834 g/mol. The fourth-order valence-electron chi connectivity index (χ4n) is 8.86. The zero-order chi connectivity index (χ0) is 39.2. The number of nitrogens with zero attached hydrogens (tertiary/aromatic N) is 6. The van der Waals surface area contributed by atoms with Crippen LogP contribution >= 0.6 is 15.9 Å². The molecule has 1 unspecified atom stereocenters. The Morgan fingerprint density at radius 3 is 2.39 bits per heavy atom. The van der Waals surface area contributed by atoms with Gasteiger partial charge in [-0.25, -0.2) is 5.01 Å². The number of carbonyl (C=O) groups is 2. The van der Waals surface area contributed by atoms with Crippen molar-refractivity contribution in [3.8, 4) is 0 Å². The van der Waals surface area contributed by atoms with Crippen LogP contribution in [0.5, 0.6) is 0 Å². The Hall–Kier alpha value is -4.82. The molecule has 4 aromatic carbocycles. The summed E-state index contributed by atoms with van der Waals surface area (Å²) >= 11 is 3.63. The van der Waals surface area contributed by atoms with Crippen LogP contribution in [0, 0.1) is 5.92 Å². The van der Waals surface area contributed by atoms with E-state index in [1.165, 1.54) is 5.01 Å². The lowest BCUT2D eigenvalue weighted by Gasteiger charge is -2.31. The van der Waals surface area contributed by atoms with E-state index in [9.17, 15) is 14.7 Å². The highest BCUT2D eigenvalue weighted by atomic mass is 79.9. The Bertz CT molecular complexity index is 2270. The summed E-state index contributed by atoms with van der Waals surface area (Å²) in [4.78, 5) is 29.7. The third-order valence-electron chi connectivity index (χ3n) is 11.5. The Balaban J connectivity index is 1.04. The molecule has 8 rings (SSSR count). The minimum absolute atomic E-state index is 0.0739. The van der Waals surface area contributed by atoms with E-state index in [4.69, 9.17) is 9.84 Å². The second-order valence-electron chi connectivity index (χ2n) is 15.4. The molecule has 0 radical (unpaired) electrons. The Labute approximate surface area is 335 Å². The lowest BCUT2D eigenvalue weighted by Crippen LogP contribution is -2.45. The number of carbonyl (C=O) groups excluding carboxylic acids is 2. The number of hydrazone groups is 1. The number of aliphatic hydroxyl groups excluding tert-OH is 1. The van der Waals surface area contributed by atoms with Gasteiger partial charge in [-0.15, -0.1) is 5.10 Å². The molecule has 0 bridgehead atoms. The zero-order valence-corrected chi connectivity index (χ0v) is 34.1. The maximum Gasteiger partial charge on any atom is 0.264 e. The van der Waals surface area contributed by atoms with Gasteiger partial charge >= 0.3 is 0 Å². The molecule has 288 valence electrons. The van der Waals surface area contributed by atoms with Crippen molar-refractivity contribution in [2.75, 3.05) is 16.5 Å². The first-order valence-corrected chi connectivity index (χ1v) is 22.8. The molecular formula is C43H44BrFN6O4Si. The quantitative estimate of drug-likeness (QED) is 0.106. The molecule has 10 nitrogen and oxygen atoms in total. The number of anilines is 2. The van der Waals surface area contributed by atoms with E-state index in [0.717, 1.165) is 38.1 Å². The number of aryl methyl sites for hydroxylation is 1. The number of rotatable bonds is 11. The highest BCUT2D eigenvalue weighted by molar-refractivity contribution is 9.10. The van der Waals surface area contributed by atoms with Gasteiger partial charge in [0.25, 0.3) is 5.91 Å². The standard InChI is InChI=1S/C43H44BrFN6O4Si/c1-28-41(56(2,3)45)39(22-23-49-26-37(46-48-49)34(27-52)30-10-6-4-7-11-30)55-43(28)35-24-32(44)16-20-38(35)50(42(43)54)25-29-14-17-33(18-15-29)51-40(53)21-19-36(47-51)31-12-8-5-9-13-31/h4-18,20,24,26,28,34,39,41,52H,19,21-23,25,27H2,1-3H3/t28-,34?,39+,41-,43+/m1/s1. The predicted molar refractivity (Wildman–Crippen MR) is 220 cm³/mol. The summed E-state index contributed by atoms with van der Waals surface area (Å²) in [7, 11) is -3.39. The van der Waals surface area contributed by atoms with Crippen molar-refractivity contribution in [3.63, 3.8) is 0 Å². The molecule has 0 aliphatic carbocycles. The number of hydrogen-bond donors (Lipinski definition) is 1. The van der Waals surface area contributed by atoms with Crippen molar-refractivity contribution >= 4 is 53.2 Å². The number of halogens is 2. The summed E-state index contributed by atoms with van der Waals surface area (Å²) in [6.07, 6.45) is 2.65. The smallest absolute Gasteiger partial charge is 0.264 e. The highest BCUT2D eigenvalue weighted by Crippen LogP contribution is 2.60. The third-order valence-corrected chi connectivity index (χ3v) is 14.5. The summed E-state index contributed by atoms with van der Waals surface area (Å²) < 4.78 is 26.0. The van der Waals surface area contributed by atoms with E-state index in [2.05, 4.69) is 26.2 Å². The van der Waals surface area contributed by atoms with Crippen LogP contribution in [-0.4, -0.2) is 58.7 Å². The molecule has 1 aromatic heterocycles. The van der Waals surface area contributed by atoms with Crippen LogP contribution in [0.3, 0.4) is 0 Å². The van der Waals surface area contributed by atoms with Gasteiger partial charge < -0.3 is 18.9 Å². The number of benzene rings is 4. The first-order chi connectivity index (χ1) is 27.0. The van der Waals surface area contributed by atoms with Crippen molar-refractivity contribution in [1.29, 1.82) is 0 Å². The van der Waals surface area contributed by atoms with Crippen molar-refractivity contribution in [2.45, 2.75) is 75.5 Å². The fraction of sp³-hybridized carbons (Fsp3) is 0.326. The van der Waals surface area contributed by atoms with Gasteiger partial charge in [0.15, 0.2) is 5.60 Å². The van der Waals surface area contributed by atoms with Crippen LogP contribution in [0.2, 0.25) is 18.6 Å². The van der Waals surface area contributed by atoms with E-state index >= 15 is 4.11 Å². The molecule has 4 heterocycles. The number of amides is 2. The van der Waals surface area contributed by atoms with Gasteiger partial charge in [0.1, 0.15) is 0 Å². The van der Waals surface area contributed by atoms with Gasteiger partial charge in [-0.2, -0.15) is 5.10 Å². The van der Waals surface area contributed by atoms with Crippen LogP contribution in [0.4, 0.5) is 15.5 Å². The maximum absolute atomic E-state index is 16.5. The number of hydrogen-bond acceptors (Lipinski definition) is 7. The van der Waals surface area contributed by atoms with Crippen LogP contribution in [0.1, 0.15) is 60.1 Å². The summed E-state index contributed by atoms with van der Waals surface area (Å²) in [6.45, 7) is 5.91. The van der Waals surface area contributed by atoms with E-state index in [1.54, 1.807) is 22.7 Å². The largest absolute Gasteiger partial charge is 0.395 e. The zero-order valence-electron chi connectivity index (χ0n) is 31.6. The molecule has 1 spiro atoms. The predicted octanol–water partition coefficient (Wildman–Crippen LogP) is 8.11. The maximum atomic E-state index is 16.5. The SMILES string of the molecule is C[C@@H]1[C@@H]([Si](C)(C)F)[C@H](CCn2cc(C(CO)c3ccccc3)nn2)O[C@@]12C(=O)N(Cc1ccc(N3N=C(c4ccccc4)CCC3=O)cc1)c1ccc(Br)cc12. The van der Waals surface area contributed by atoms with Gasteiger partial charge in [-0.05, 0) is 66.5 Å². The van der Waals surface area contributed by atoms with E-state index < -0.39 is 31.6 Å². The molecule has 56 heavy (non-hydrogen) atoms. The molecule has 1 fully saturated rings. The molecule has 2 amide bonds. The number of aromatic nitrogens is 3.